The third-order valence-electron chi connectivity index (χ3n) is 4.29. The molecular formula is C14H29N3O. The molecule has 0 bridgehead atoms. The number of likely N-dealkylation sites (N-methyl/N-ethyl adjacent to an activating group) is 2. The summed E-state index contributed by atoms with van der Waals surface area (Å²) < 4.78 is 0. The van der Waals surface area contributed by atoms with Gasteiger partial charge in [-0.1, -0.05) is 12.8 Å². The Morgan fingerprint density at radius 3 is 2.44 bits per heavy atom. The number of carbonyl (C=O) groups is 1. The number of hydrogen-bond acceptors (Lipinski definition) is 3. The SMILES string of the molecule is CC(C)N(C)C(=O)CN(C)C1CCCCC1CN. The Labute approximate surface area is 111 Å². The van der Waals surface area contributed by atoms with E-state index in [1.54, 1.807) is 0 Å². The highest BCUT2D eigenvalue weighted by Gasteiger charge is 2.28. The third-order valence-corrected chi connectivity index (χ3v) is 4.29. The Balaban J connectivity index is 2.52. The zero-order valence-electron chi connectivity index (χ0n) is 12.4. The van der Waals surface area contributed by atoms with Gasteiger partial charge in [-0.25, -0.2) is 0 Å². The molecule has 0 heterocycles. The second kappa shape index (κ2) is 7.10. The quantitative estimate of drug-likeness (QED) is 0.805. The molecule has 106 valence electrons. The Morgan fingerprint density at radius 2 is 1.89 bits per heavy atom. The monoisotopic (exact) mass is 255 g/mol. The molecule has 1 rings (SSSR count). The van der Waals surface area contributed by atoms with Crippen molar-refractivity contribution in [1.29, 1.82) is 0 Å². The Hall–Kier alpha value is -0.610. The molecule has 1 fully saturated rings. The number of amides is 1. The predicted octanol–water partition coefficient (Wildman–Crippen LogP) is 1.30. The fourth-order valence-corrected chi connectivity index (χ4v) is 2.77. The van der Waals surface area contributed by atoms with Gasteiger partial charge in [0.05, 0.1) is 6.54 Å². The van der Waals surface area contributed by atoms with Crippen LogP contribution in [0, 0.1) is 5.92 Å². The molecule has 0 aromatic carbocycles. The Bertz CT molecular complexity index is 268. The van der Waals surface area contributed by atoms with E-state index in [9.17, 15) is 4.79 Å². The molecule has 1 aliphatic rings. The molecule has 2 unspecified atom stereocenters. The van der Waals surface area contributed by atoms with E-state index >= 15 is 0 Å². The van der Waals surface area contributed by atoms with Crippen LogP contribution in [0.5, 0.6) is 0 Å². The summed E-state index contributed by atoms with van der Waals surface area (Å²) in [4.78, 5) is 16.1. The van der Waals surface area contributed by atoms with Crippen LogP contribution >= 0.6 is 0 Å². The fraction of sp³-hybridized carbons (Fsp3) is 0.929. The van der Waals surface area contributed by atoms with Crippen LogP contribution in [0.1, 0.15) is 39.5 Å². The summed E-state index contributed by atoms with van der Waals surface area (Å²) in [5.41, 5.74) is 5.85. The second-order valence-electron chi connectivity index (χ2n) is 5.86. The van der Waals surface area contributed by atoms with Crippen molar-refractivity contribution >= 4 is 5.91 Å². The topological polar surface area (TPSA) is 49.6 Å². The average molecular weight is 255 g/mol. The molecule has 4 nitrogen and oxygen atoms in total. The van der Waals surface area contributed by atoms with Crippen LogP contribution in [0.2, 0.25) is 0 Å². The van der Waals surface area contributed by atoms with Gasteiger partial charge in [0, 0.05) is 19.1 Å². The van der Waals surface area contributed by atoms with E-state index in [0.717, 1.165) is 6.54 Å². The standard InChI is InChI=1S/C14H29N3O/c1-11(2)17(4)14(18)10-16(3)13-8-6-5-7-12(13)9-15/h11-13H,5-10,15H2,1-4H3. The van der Waals surface area contributed by atoms with E-state index in [-0.39, 0.29) is 11.9 Å². The van der Waals surface area contributed by atoms with Gasteiger partial charge in [0.2, 0.25) is 5.91 Å². The van der Waals surface area contributed by atoms with Crippen molar-refractivity contribution in [1.82, 2.24) is 9.80 Å². The molecule has 2 atom stereocenters. The van der Waals surface area contributed by atoms with Gasteiger partial charge in [-0.2, -0.15) is 0 Å². The zero-order chi connectivity index (χ0) is 13.7. The molecule has 0 radical (unpaired) electrons. The maximum Gasteiger partial charge on any atom is 0.236 e. The van der Waals surface area contributed by atoms with E-state index in [0.29, 0.717) is 18.5 Å². The van der Waals surface area contributed by atoms with Gasteiger partial charge >= 0.3 is 0 Å². The molecule has 0 aromatic heterocycles. The average Bonchev–Trinajstić information content (AvgIpc) is 2.37. The number of rotatable bonds is 5. The molecule has 0 aliphatic heterocycles. The van der Waals surface area contributed by atoms with Crippen LogP contribution in [0.3, 0.4) is 0 Å². The Morgan fingerprint density at radius 1 is 1.28 bits per heavy atom. The van der Waals surface area contributed by atoms with Crippen molar-refractivity contribution in [2.75, 3.05) is 27.2 Å². The van der Waals surface area contributed by atoms with Gasteiger partial charge in [0.25, 0.3) is 0 Å². The largest absolute Gasteiger partial charge is 0.342 e. The Kier molecular flexibility index (Phi) is 6.09. The minimum absolute atomic E-state index is 0.203. The van der Waals surface area contributed by atoms with Crippen LogP contribution in [0.4, 0.5) is 0 Å². The second-order valence-corrected chi connectivity index (χ2v) is 5.86. The summed E-state index contributed by atoms with van der Waals surface area (Å²) >= 11 is 0. The number of nitrogens with zero attached hydrogens (tertiary/aromatic N) is 2. The van der Waals surface area contributed by atoms with Crippen molar-refractivity contribution in [3.05, 3.63) is 0 Å². The normalized spacial score (nSPS) is 24.6. The molecule has 1 aliphatic carbocycles. The van der Waals surface area contributed by atoms with Crippen LogP contribution in [-0.2, 0) is 4.79 Å². The number of nitrogens with two attached hydrogens (primary N) is 1. The van der Waals surface area contributed by atoms with Crippen molar-refractivity contribution < 1.29 is 4.79 Å². The molecular weight excluding hydrogens is 226 g/mol. The van der Waals surface area contributed by atoms with Crippen LogP contribution < -0.4 is 5.73 Å². The predicted molar refractivity (Wildman–Crippen MR) is 75.3 cm³/mol. The fourth-order valence-electron chi connectivity index (χ4n) is 2.77. The molecule has 18 heavy (non-hydrogen) atoms. The van der Waals surface area contributed by atoms with Gasteiger partial charge < -0.3 is 10.6 Å². The molecule has 1 amide bonds. The summed E-state index contributed by atoms with van der Waals surface area (Å²) in [6.07, 6.45) is 4.93. The summed E-state index contributed by atoms with van der Waals surface area (Å²) in [5.74, 6) is 0.759. The number of carbonyl (C=O) groups excluding carboxylic acids is 1. The molecule has 4 heteroatoms. The maximum absolute atomic E-state index is 12.1. The zero-order valence-corrected chi connectivity index (χ0v) is 12.4. The maximum atomic E-state index is 12.1. The van der Waals surface area contributed by atoms with E-state index in [1.807, 2.05) is 25.8 Å². The highest BCUT2D eigenvalue weighted by atomic mass is 16.2. The van der Waals surface area contributed by atoms with Gasteiger partial charge in [-0.05, 0) is 46.2 Å². The van der Waals surface area contributed by atoms with Crippen molar-refractivity contribution in [3.63, 3.8) is 0 Å². The van der Waals surface area contributed by atoms with E-state index < -0.39 is 0 Å². The summed E-state index contributed by atoms with van der Waals surface area (Å²) in [6, 6.07) is 0.746. The lowest BCUT2D eigenvalue weighted by Gasteiger charge is -2.38. The summed E-state index contributed by atoms with van der Waals surface area (Å²) in [7, 11) is 3.94. The molecule has 0 saturated heterocycles. The first-order chi connectivity index (χ1) is 8.47. The third kappa shape index (κ3) is 3.95. The first-order valence-corrected chi connectivity index (χ1v) is 7.13. The lowest BCUT2D eigenvalue weighted by atomic mass is 9.84. The van der Waals surface area contributed by atoms with E-state index in [2.05, 4.69) is 11.9 Å². The highest BCUT2D eigenvalue weighted by Crippen LogP contribution is 2.27. The van der Waals surface area contributed by atoms with Gasteiger partial charge in [-0.15, -0.1) is 0 Å². The lowest BCUT2D eigenvalue weighted by molar-refractivity contribution is -0.133. The molecule has 2 N–H and O–H groups in total. The van der Waals surface area contributed by atoms with Crippen molar-refractivity contribution in [2.24, 2.45) is 11.7 Å². The van der Waals surface area contributed by atoms with Crippen molar-refractivity contribution in [3.8, 4) is 0 Å². The van der Waals surface area contributed by atoms with Gasteiger partial charge in [-0.3, -0.25) is 9.69 Å². The van der Waals surface area contributed by atoms with Crippen LogP contribution in [0.15, 0.2) is 0 Å². The van der Waals surface area contributed by atoms with Crippen molar-refractivity contribution in [2.45, 2.75) is 51.6 Å². The van der Waals surface area contributed by atoms with E-state index in [4.69, 9.17) is 5.73 Å². The van der Waals surface area contributed by atoms with Crippen LogP contribution in [0.25, 0.3) is 0 Å². The molecule has 0 aromatic rings. The molecule has 0 spiro atoms. The first kappa shape index (κ1) is 15.4. The minimum Gasteiger partial charge on any atom is -0.342 e. The van der Waals surface area contributed by atoms with Gasteiger partial charge in [0.15, 0.2) is 0 Å². The van der Waals surface area contributed by atoms with E-state index in [1.165, 1.54) is 25.7 Å². The minimum atomic E-state index is 0.203. The first-order valence-electron chi connectivity index (χ1n) is 7.13. The smallest absolute Gasteiger partial charge is 0.236 e. The van der Waals surface area contributed by atoms with Gasteiger partial charge in [0.1, 0.15) is 0 Å². The summed E-state index contributed by atoms with van der Waals surface area (Å²) in [6.45, 7) is 5.33. The molecule has 1 saturated carbocycles. The van der Waals surface area contributed by atoms with Crippen LogP contribution in [-0.4, -0.2) is 55.0 Å². The highest BCUT2D eigenvalue weighted by molar-refractivity contribution is 5.78. The number of hydrogen-bond donors (Lipinski definition) is 1. The summed E-state index contributed by atoms with van der Waals surface area (Å²) in [5, 5.41) is 0. The lowest BCUT2D eigenvalue weighted by Crippen LogP contribution is -2.48.